The molecule has 10 unspecified atom stereocenters. The van der Waals surface area contributed by atoms with Crippen molar-refractivity contribution >= 4 is 5.70 Å². The number of rotatable bonds is 34. The molecule has 24 nitrogen and oxygen atoms in total. The summed E-state index contributed by atoms with van der Waals surface area (Å²) in [6, 6.07) is 0.542. The van der Waals surface area contributed by atoms with Gasteiger partial charge in [-0.2, -0.15) is 0 Å². The molecule has 12 aromatic heterocycles. The lowest BCUT2D eigenvalue weighted by atomic mass is 9.88. The molecule has 0 aliphatic heterocycles. The third kappa shape index (κ3) is 13.8. The summed E-state index contributed by atoms with van der Waals surface area (Å²) in [6.45, 7) is 5.33. The smallest absolute Gasteiger partial charge is 0.0988 e. The van der Waals surface area contributed by atoms with E-state index in [2.05, 4.69) is 172 Å². The fourth-order valence-corrected chi connectivity index (χ4v) is 12.6. The minimum absolute atomic E-state index is 0.0147. The van der Waals surface area contributed by atoms with Crippen LogP contribution in [-0.4, -0.2) is 115 Å². The first-order chi connectivity index (χ1) is 41.5. The van der Waals surface area contributed by atoms with E-state index in [1.54, 1.807) is 6.20 Å². The quantitative estimate of drug-likeness (QED) is 0.0369. The maximum absolute atomic E-state index is 4.67. The van der Waals surface area contributed by atoms with Gasteiger partial charge < -0.3 is 54.8 Å². The lowest BCUT2D eigenvalue weighted by Crippen LogP contribution is -2.26. The van der Waals surface area contributed by atoms with E-state index in [-0.39, 0.29) is 60.4 Å². The third-order valence-electron chi connectivity index (χ3n) is 17.0. The van der Waals surface area contributed by atoms with E-state index in [0.717, 1.165) is 76.5 Å². The number of aromatic nitrogens is 24. The third-order valence-corrected chi connectivity index (χ3v) is 17.0. The van der Waals surface area contributed by atoms with Gasteiger partial charge in [0.05, 0.1) is 75.9 Å². The molecule has 0 saturated carbocycles. The molecule has 12 rings (SSSR count). The van der Waals surface area contributed by atoms with Crippen LogP contribution in [0.3, 0.4) is 0 Å². The molecule has 84 heavy (non-hydrogen) atoms. The summed E-state index contributed by atoms with van der Waals surface area (Å²) in [5, 5.41) is 0. The first-order valence-electron chi connectivity index (χ1n) is 28.9. The molecule has 0 saturated heterocycles. The molecule has 0 aromatic carbocycles. The first kappa shape index (κ1) is 54.8. The second-order valence-corrected chi connectivity index (χ2v) is 22.1. The summed E-state index contributed by atoms with van der Waals surface area (Å²) < 4.78 is 26.9. The summed E-state index contributed by atoms with van der Waals surface area (Å²) in [5.74, 6) is 0. The average Bonchev–Trinajstić information content (AvgIpc) is 4.50. The number of hydrogen-bond donors (Lipinski definition) is 0. The topological polar surface area (TPSA) is 214 Å². The van der Waals surface area contributed by atoms with E-state index in [4.69, 9.17) is 0 Å². The molecule has 432 valence electrons. The van der Waals surface area contributed by atoms with E-state index in [0.29, 0.717) is 6.42 Å². The van der Waals surface area contributed by atoms with Gasteiger partial charge in [0.15, 0.2) is 0 Å². The first-order valence-corrected chi connectivity index (χ1v) is 28.9. The van der Waals surface area contributed by atoms with Crippen LogP contribution in [0.2, 0.25) is 0 Å². The van der Waals surface area contributed by atoms with Crippen LogP contribution in [0.15, 0.2) is 231 Å². The SMILES string of the molecule is C=C(CC(CC(CC(CC(CC(CC(CC(CC(CC(CC(CCn1ccnc1)n1ccnc1)n1ccnc1)n1ccnc1)n1ccnc1)n1ccnc1)n1ccnc1)n1ccnc1)n1ccnc1)n1ccnc1)n1ccnc1)n1ccnc1. The fraction of sp³-hybridized carbons (Fsp3) is 0.367. The summed E-state index contributed by atoms with van der Waals surface area (Å²) in [7, 11) is 0. The van der Waals surface area contributed by atoms with E-state index in [1.807, 2.05) is 167 Å². The molecule has 0 aliphatic carbocycles. The van der Waals surface area contributed by atoms with Crippen molar-refractivity contribution in [2.45, 2.75) is 138 Å². The molecule has 24 heteroatoms. The molecule has 0 fully saturated rings. The maximum Gasteiger partial charge on any atom is 0.0988 e. The second kappa shape index (κ2) is 26.9. The lowest BCUT2D eigenvalue weighted by Gasteiger charge is -2.35. The van der Waals surface area contributed by atoms with Crippen LogP contribution in [0.25, 0.3) is 5.70 Å². The van der Waals surface area contributed by atoms with Crippen molar-refractivity contribution in [3.05, 3.63) is 231 Å². The van der Waals surface area contributed by atoms with Crippen molar-refractivity contribution in [1.82, 2.24) is 115 Å². The van der Waals surface area contributed by atoms with Crippen molar-refractivity contribution in [3.63, 3.8) is 0 Å². The van der Waals surface area contributed by atoms with Gasteiger partial charge in [0.1, 0.15) is 0 Å². The molecule has 10 atom stereocenters. The zero-order chi connectivity index (χ0) is 56.7. The zero-order valence-corrected chi connectivity index (χ0v) is 47.0. The molecule has 0 N–H and O–H groups in total. The highest BCUT2D eigenvalue weighted by atomic mass is 15.2. The lowest BCUT2D eigenvalue weighted by molar-refractivity contribution is 0.215. The minimum Gasteiger partial charge on any atom is -0.337 e. The van der Waals surface area contributed by atoms with Crippen molar-refractivity contribution in [3.8, 4) is 0 Å². The summed E-state index contributed by atoms with van der Waals surface area (Å²) in [4.78, 5) is 54.6. The molecule has 0 spiro atoms. The van der Waals surface area contributed by atoms with Crippen LogP contribution in [0.5, 0.6) is 0 Å². The van der Waals surface area contributed by atoms with Gasteiger partial charge in [-0.1, -0.05) is 6.58 Å². The van der Waals surface area contributed by atoms with Crippen molar-refractivity contribution in [1.29, 1.82) is 0 Å². The van der Waals surface area contributed by atoms with Crippen molar-refractivity contribution < 1.29 is 0 Å². The standard InChI is InChI=1S/C60H72N24/c1-50(74-17-4-62-39-74)28-52(76-19-6-64-41-76)30-54(78-21-8-66-43-78)32-56(80-23-10-68-45-80)34-58(82-25-12-70-47-82)36-60(84-27-14-72-49-84)37-59(83-26-13-71-48-83)35-57(81-24-11-69-46-81)33-55(79-22-9-67-44-79)31-53(77-20-7-65-42-77)29-51(75-18-5-63-40-75)2-15-73-16-3-61-38-73/h3-14,16-27,38-49,51-60H,1-2,15,28-37H2. The summed E-state index contributed by atoms with van der Waals surface area (Å²) in [6.07, 6.45) is 79.6. The van der Waals surface area contributed by atoms with Crippen molar-refractivity contribution in [2.75, 3.05) is 0 Å². The fourth-order valence-electron chi connectivity index (χ4n) is 12.6. The Kier molecular flexibility index (Phi) is 17.6. The monoisotopic (exact) mass is 1130 g/mol. The molecular formula is C60H72N24. The van der Waals surface area contributed by atoms with Gasteiger partial charge in [0, 0.05) is 228 Å². The van der Waals surface area contributed by atoms with Crippen LogP contribution in [0.4, 0.5) is 0 Å². The Balaban J connectivity index is 0.831. The van der Waals surface area contributed by atoms with E-state index < -0.39 is 0 Å². The Labute approximate surface area is 487 Å². The van der Waals surface area contributed by atoms with Gasteiger partial charge in [-0.25, -0.2) is 59.8 Å². The van der Waals surface area contributed by atoms with E-state index >= 15 is 0 Å². The van der Waals surface area contributed by atoms with Gasteiger partial charge in [0.2, 0.25) is 0 Å². The van der Waals surface area contributed by atoms with Gasteiger partial charge in [-0.15, -0.1) is 0 Å². The molecule has 12 heterocycles. The largest absolute Gasteiger partial charge is 0.337 e. The predicted octanol–water partition coefficient (Wildman–Crippen LogP) is 9.92. The van der Waals surface area contributed by atoms with E-state index in [1.165, 1.54) is 0 Å². The Morgan fingerprint density at radius 3 is 0.726 bits per heavy atom. The predicted molar refractivity (Wildman–Crippen MR) is 313 cm³/mol. The average molecular weight is 1130 g/mol. The molecular weight excluding hydrogens is 1060 g/mol. The summed E-state index contributed by atoms with van der Waals surface area (Å²) >= 11 is 0. The molecule has 0 radical (unpaired) electrons. The minimum atomic E-state index is 0.0147. The highest BCUT2D eigenvalue weighted by molar-refractivity contribution is 5.41. The highest BCUT2D eigenvalue weighted by Gasteiger charge is 2.33. The maximum atomic E-state index is 4.67. The van der Waals surface area contributed by atoms with Crippen LogP contribution in [0, 0.1) is 0 Å². The van der Waals surface area contributed by atoms with Crippen LogP contribution in [0.1, 0.15) is 131 Å². The van der Waals surface area contributed by atoms with Crippen LogP contribution in [-0.2, 0) is 6.54 Å². The number of nitrogens with zero attached hydrogens (tertiary/aromatic N) is 24. The number of aryl methyl sites for hydroxylation is 1. The van der Waals surface area contributed by atoms with Gasteiger partial charge in [-0.3, -0.25) is 0 Å². The van der Waals surface area contributed by atoms with Gasteiger partial charge in [-0.05, 0) is 64.2 Å². The zero-order valence-electron chi connectivity index (χ0n) is 47.0. The summed E-state index contributed by atoms with van der Waals surface area (Å²) in [5.41, 5.74) is 0.958. The highest BCUT2D eigenvalue weighted by Crippen LogP contribution is 2.43. The normalized spacial score (nSPS) is 15.5. The Bertz CT molecular complexity index is 3580. The second-order valence-electron chi connectivity index (χ2n) is 22.1. The van der Waals surface area contributed by atoms with Gasteiger partial charge in [0.25, 0.3) is 0 Å². The van der Waals surface area contributed by atoms with Gasteiger partial charge >= 0.3 is 0 Å². The van der Waals surface area contributed by atoms with Crippen molar-refractivity contribution in [2.24, 2.45) is 0 Å². The molecule has 12 aromatic rings. The Hall–Kier alpha value is -9.74. The Morgan fingerprint density at radius 2 is 0.476 bits per heavy atom. The van der Waals surface area contributed by atoms with Crippen LogP contribution >= 0.6 is 0 Å². The number of hydrogen-bond acceptors (Lipinski definition) is 12. The molecule has 0 amide bonds. The molecule has 0 bridgehead atoms. The van der Waals surface area contributed by atoms with E-state index in [9.17, 15) is 0 Å². The number of imidazole rings is 12. The Morgan fingerprint density at radius 1 is 0.250 bits per heavy atom. The number of allylic oxidation sites excluding steroid dienone is 1. The molecule has 0 aliphatic rings. The van der Waals surface area contributed by atoms with Crippen LogP contribution < -0.4 is 0 Å².